The molecular weight excluding hydrogens is 583 g/mol. The number of nitrogens with one attached hydrogen (secondary N) is 1. The highest BCUT2D eigenvalue weighted by atomic mass is 35.5. The number of ether oxygens (including phenoxy) is 1. The van der Waals surface area contributed by atoms with Crippen molar-refractivity contribution in [3.63, 3.8) is 0 Å². The molecule has 2 aromatic carbocycles. The molecule has 3 aliphatic heterocycles. The Kier molecular flexibility index (Phi) is 8.47. The van der Waals surface area contributed by atoms with Crippen molar-refractivity contribution in [2.45, 2.75) is 36.9 Å². The van der Waals surface area contributed by atoms with E-state index < -0.39 is 17.6 Å². The fourth-order valence-corrected chi connectivity index (χ4v) is 7.07. The van der Waals surface area contributed by atoms with Crippen LogP contribution in [0.4, 0.5) is 10.2 Å². The van der Waals surface area contributed by atoms with E-state index in [4.69, 9.17) is 26.3 Å². The number of methoxy groups -OCH3 is 1. The fraction of sp³-hybridized carbons (Fsp3) is 0.406. The van der Waals surface area contributed by atoms with Crippen molar-refractivity contribution in [1.82, 2.24) is 29.9 Å². The largest absolute Gasteiger partial charge is 0.496 e. The molecule has 1 amide bonds. The number of piperidine rings is 1. The van der Waals surface area contributed by atoms with E-state index in [1.54, 1.807) is 6.20 Å². The number of nitrogen functional groups attached to an aromatic ring is 1. The van der Waals surface area contributed by atoms with Crippen LogP contribution in [0.1, 0.15) is 52.0 Å². The number of primary amides is 1. The molecule has 7 rings (SSSR count). The van der Waals surface area contributed by atoms with Crippen molar-refractivity contribution >= 4 is 35.0 Å². The van der Waals surface area contributed by atoms with E-state index in [0.29, 0.717) is 29.0 Å². The number of amides is 1. The average Bonchev–Trinajstić information content (AvgIpc) is 3.32. The molecule has 0 saturated carbocycles. The van der Waals surface area contributed by atoms with Crippen LogP contribution in [0.25, 0.3) is 10.9 Å². The lowest BCUT2D eigenvalue weighted by molar-refractivity contribution is -0.0217. The molecule has 3 aliphatic rings. The zero-order valence-electron chi connectivity index (χ0n) is 24.7. The van der Waals surface area contributed by atoms with Crippen LogP contribution in [0.2, 0.25) is 0 Å². The Hall–Kier alpha value is -3.77. The highest BCUT2D eigenvalue weighted by molar-refractivity contribution is 5.99. The molecule has 1 unspecified atom stereocenters. The number of halogens is 2. The van der Waals surface area contributed by atoms with Gasteiger partial charge < -0.3 is 21.5 Å². The average molecular weight is 621 g/mol. The second kappa shape index (κ2) is 12.3. The number of pyridine rings is 1. The second-order valence-electron chi connectivity index (χ2n) is 11.9. The molecule has 0 bridgehead atoms. The molecule has 232 valence electrons. The number of nitrogens with zero attached hydrogens (tertiary/aromatic N) is 5. The zero-order chi connectivity index (χ0) is 29.7. The summed E-state index contributed by atoms with van der Waals surface area (Å²) in [5, 5.41) is 8.84. The third kappa shape index (κ3) is 5.17. The molecular formula is C32H38ClFN8O2. The molecule has 3 saturated heterocycles. The number of hydrogen-bond acceptors (Lipinski definition) is 8. The van der Waals surface area contributed by atoms with Gasteiger partial charge in [-0.3, -0.25) is 24.3 Å². The van der Waals surface area contributed by atoms with Gasteiger partial charge in [0.1, 0.15) is 11.6 Å². The minimum Gasteiger partial charge on any atom is -0.496 e. The molecule has 3 fully saturated rings. The van der Waals surface area contributed by atoms with Gasteiger partial charge in [0.2, 0.25) is 0 Å². The van der Waals surface area contributed by atoms with Gasteiger partial charge in [-0.05, 0) is 36.6 Å². The monoisotopic (exact) mass is 620 g/mol. The Morgan fingerprint density at radius 3 is 2.39 bits per heavy atom. The maximum Gasteiger partial charge on any atom is 0.252 e. The van der Waals surface area contributed by atoms with Crippen molar-refractivity contribution in [2.24, 2.45) is 5.73 Å². The summed E-state index contributed by atoms with van der Waals surface area (Å²) in [5.41, 5.74) is 14.6. The van der Waals surface area contributed by atoms with E-state index in [-0.39, 0.29) is 35.3 Å². The van der Waals surface area contributed by atoms with Crippen LogP contribution in [0.3, 0.4) is 0 Å². The fourth-order valence-electron chi connectivity index (χ4n) is 7.07. The Balaban J connectivity index is 0.00000343. The molecule has 0 aliphatic carbocycles. The second-order valence-corrected chi connectivity index (χ2v) is 11.9. The van der Waals surface area contributed by atoms with Gasteiger partial charge in [-0.2, -0.15) is 5.10 Å². The van der Waals surface area contributed by atoms with Crippen LogP contribution >= 0.6 is 12.4 Å². The van der Waals surface area contributed by atoms with Crippen LogP contribution in [0.5, 0.6) is 5.75 Å². The van der Waals surface area contributed by atoms with Crippen LogP contribution in [-0.4, -0.2) is 88.9 Å². The van der Waals surface area contributed by atoms with E-state index in [2.05, 4.69) is 15.1 Å². The first-order valence-corrected chi connectivity index (χ1v) is 15.0. The lowest BCUT2D eigenvalue weighted by atomic mass is 9.83. The third-order valence-corrected chi connectivity index (χ3v) is 9.52. The van der Waals surface area contributed by atoms with Gasteiger partial charge in [-0.1, -0.05) is 30.3 Å². The molecule has 10 nitrogen and oxygen atoms in total. The van der Waals surface area contributed by atoms with Crippen LogP contribution in [0.15, 0.2) is 54.7 Å². The molecule has 12 heteroatoms. The minimum atomic E-state index is -0.784. The number of rotatable bonds is 8. The number of likely N-dealkylation sites (tertiary alicyclic amines) is 2. The molecule has 2 aromatic heterocycles. The van der Waals surface area contributed by atoms with Gasteiger partial charge in [0.05, 0.1) is 41.2 Å². The van der Waals surface area contributed by atoms with Crippen molar-refractivity contribution in [3.05, 3.63) is 82.9 Å². The first-order valence-electron chi connectivity index (χ1n) is 15.0. The standard InChI is InChI=1S/C32H37FN8O2.ClH/c1-43-25-8-7-23(33)27(29(25)32(35)42)26(19-5-3-2-4-6-19)30-28-24(9-12-37-30)41(38-31(28)34)20-10-13-39(14-11-20)22-17-40(18-22)21-15-36-16-21;/h2-9,12,20-22,26,36H,10-11,13-18H2,1H3,(H2,34,38)(H2,35,42);1H. The van der Waals surface area contributed by atoms with Crippen LogP contribution in [-0.2, 0) is 0 Å². The summed E-state index contributed by atoms with van der Waals surface area (Å²) in [6.07, 6.45) is 3.64. The number of hydrogen-bond donors (Lipinski definition) is 3. The quantitative estimate of drug-likeness (QED) is 0.274. The predicted octanol–water partition coefficient (Wildman–Crippen LogP) is 3.16. The van der Waals surface area contributed by atoms with Crippen LogP contribution in [0, 0.1) is 5.82 Å². The smallest absolute Gasteiger partial charge is 0.252 e. The Morgan fingerprint density at radius 2 is 1.75 bits per heavy atom. The number of carbonyl (C=O) groups is 1. The molecule has 1 atom stereocenters. The first-order chi connectivity index (χ1) is 20.9. The lowest BCUT2D eigenvalue weighted by Gasteiger charge is -2.52. The number of anilines is 1. The van der Waals surface area contributed by atoms with E-state index in [0.717, 1.165) is 63.2 Å². The highest BCUT2D eigenvalue weighted by Gasteiger charge is 2.39. The van der Waals surface area contributed by atoms with Gasteiger partial charge in [0.25, 0.3) is 5.91 Å². The Labute approximate surface area is 261 Å². The molecule has 4 aromatic rings. The highest BCUT2D eigenvalue weighted by Crippen LogP contribution is 2.42. The van der Waals surface area contributed by atoms with Gasteiger partial charge >= 0.3 is 0 Å². The predicted molar refractivity (Wildman–Crippen MR) is 170 cm³/mol. The topological polar surface area (TPSA) is 128 Å². The molecule has 0 radical (unpaired) electrons. The summed E-state index contributed by atoms with van der Waals surface area (Å²) in [6.45, 7) is 6.54. The molecule has 5 N–H and O–H groups in total. The van der Waals surface area contributed by atoms with E-state index >= 15 is 4.39 Å². The van der Waals surface area contributed by atoms with Crippen molar-refractivity contribution in [1.29, 1.82) is 0 Å². The number of nitrogens with two attached hydrogens (primary N) is 2. The Morgan fingerprint density at radius 1 is 1.02 bits per heavy atom. The van der Waals surface area contributed by atoms with Gasteiger partial charge in [0, 0.05) is 63.1 Å². The number of fused-ring (bicyclic) bond motifs is 1. The molecule has 5 heterocycles. The van der Waals surface area contributed by atoms with Crippen molar-refractivity contribution in [3.8, 4) is 5.75 Å². The van der Waals surface area contributed by atoms with Gasteiger partial charge in [0.15, 0.2) is 5.82 Å². The summed E-state index contributed by atoms with van der Waals surface area (Å²) in [4.78, 5) is 22.7. The minimum absolute atomic E-state index is 0. The summed E-state index contributed by atoms with van der Waals surface area (Å²) in [6, 6.07) is 15.5. The SMILES string of the molecule is COc1ccc(F)c(C(c2ccccc2)c2nccc3c2c(N)nn3C2CCN(C3CN(C4CNC4)C3)CC2)c1C(N)=O.Cl. The summed E-state index contributed by atoms with van der Waals surface area (Å²) in [5.74, 6) is -1.62. The maximum absolute atomic E-state index is 15.8. The Bertz CT molecular complexity index is 1650. The van der Waals surface area contributed by atoms with Gasteiger partial charge in [-0.15, -0.1) is 12.4 Å². The van der Waals surface area contributed by atoms with E-state index in [9.17, 15) is 4.79 Å². The zero-order valence-corrected chi connectivity index (χ0v) is 25.5. The lowest BCUT2D eigenvalue weighted by Crippen LogP contribution is -2.69. The van der Waals surface area contributed by atoms with Gasteiger partial charge in [-0.25, -0.2) is 4.39 Å². The summed E-state index contributed by atoms with van der Waals surface area (Å²) in [7, 11) is 1.43. The first kappa shape index (κ1) is 30.3. The number of benzene rings is 2. The number of aromatic nitrogens is 3. The van der Waals surface area contributed by atoms with Crippen molar-refractivity contribution in [2.75, 3.05) is 52.1 Å². The van der Waals surface area contributed by atoms with Crippen LogP contribution < -0.4 is 21.5 Å². The normalized spacial score (nSPS) is 19.2. The third-order valence-electron chi connectivity index (χ3n) is 9.52. The molecule has 0 spiro atoms. The van der Waals surface area contributed by atoms with Crippen molar-refractivity contribution < 1.29 is 13.9 Å². The van der Waals surface area contributed by atoms with E-state index in [1.165, 1.54) is 19.2 Å². The summed E-state index contributed by atoms with van der Waals surface area (Å²) < 4.78 is 23.3. The summed E-state index contributed by atoms with van der Waals surface area (Å²) >= 11 is 0. The molecule has 44 heavy (non-hydrogen) atoms. The maximum atomic E-state index is 15.8. The van der Waals surface area contributed by atoms with E-state index in [1.807, 2.05) is 41.1 Å². The number of carbonyl (C=O) groups excluding carboxylic acids is 1.